The van der Waals surface area contributed by atoms with Crippen molar-refractivity contribution in [1.82, 2.24) is 19.9 Å². The van der Waals surface area contributed by atoms with Crippen molar-refractivity contribution in [3.63, 3.8) is 0 Å². The highest BCUT2D eigenvalue weighted by Crippen LogP contribution is 2.48. The van der Waals surface area contributed by atoms with E-state index in [0.29, 0.717) is 5.82 Å². The van der Waals surface area contributed by atoms with Crippen molar-refractivity contribution in [3.8, 4) is 67.2 Å². The fraction of sp³-hybridized carbons (Fsp3) is 0. The topological polar surface area (TPSA) is 103 Å². The van der Waals surface area contributed by atoms with E-state index in [1.807, 2.05) is 359 Å². The van der Waals surface area contributed by atoms with E-state index in [0.717, 1.165) is 109 Å². The lowest BCUT2D eigenvalue weighted by molar-refractivity contribution is 0.591. The number of benzene rings is 12. The summed E-state index contributed by atoms with van der Waals surface area (Å²) in [4.78, 5) is 18.6. The maximum absolute atomic E-state index is 14.9. The van der Waals surface area contributed by atoms with Crippen LogP contribution in [0.3, 0.4) is 0 Å². The quantitative estimate of drug-likeness (QED) is 0.0942. The van der Waals surface area contributed by atoms with Crippen LogP contribution < -0.4 is 47.7 Å². The molecule has 0 atom stereocenters. The zero-order valence-electron chi connectivity index (χ0n) is 52.4. The monoisotopic (exact) mass is 1290 g/mol. The predicted molar refractivity (Wildman–Crippen MR) is 401 cm³/mol. The molecule has 3 heterocycles. The van der Waals surface area contributed by atoms with Crippen LogP contribution in [0.25, 0.3) is 67.2 Å². The second-order valence-corrected chi connectivity index (χ2v) is 30.9. The first kappa shape index (κ1) is 63.5. The second kappa shape index (κ2) is 29.8. The van der Waals surface area contributed by atoms with Crippen molar-refractivity contribution in [2.75, 3.05) is 0 Å². The van der Waals surface area contributed by atoms with Crippen LogP contribution in [0.15, 0.2) is 395 Å². The van der Waals surface area contributed by atoms with Gasteiger partial charge >= 0.3 is 0 Å². The first-order chi connectivity index (χ1) is 47.3. The zero-order valence-corrected chi connectivity index (χ0v) is 55.1. The number of nitrogens with zero attached hydrogens (tertiary/aromatic N) is 4. The summed E-state index contributed by atoms with van der Waals surface area (Å²) in [6.45, 7) is 0. The lowest BCUT2D eigenvalue weighted by Gasteiger charge is -2.23. The number of hydrogen-bond donors (Lipinski definition) is 0. The molecule has 0 bridgehead atoms. The van der Waals surface area contributed by atoms with Crippen LogP contribution >= 0.6 is 21.4 Å². The summed E-state index contributed by atoms with van der Waals surface area (Å²) < 4.78 is 44.7. The highest BCUT2D eigenvalue weighted by molar-refractivity contribution is 7.86. The van der Waals surface area contributed by atoms with Gasteiger partial charge in [0.2, 0.25) is 0 Å². The first-order valence-electron chi connectivity index (χ1n) is 31.6. The molecule has 15 aromatic rings. The molecule has 0 aliphatic rings. The average Bonchev–Trinajstić information content (AvgIpc) is 0.774. The lowest BCUT2D eigenvalue weighted by Crippen LogP contribution is -2.26. The smallest absolute Gasteiger partial charge is 0.171 e. The van der Waals surface area contributed by atoms with Gasteiger partial charge in [-0.3, -0.25) is 9.97 Å². The third-order valence-electron chi connectivity index (χ3n) is 16.8. The number of hydrogen-bond acceptors (Lipinski definition) is 7. The van der Waals surface area contributed by atoms with E-state index in [1.54, 1.807) is 0 Å². The lowest BCUT2D eigenvalue weighted by atomic mass is 10.0. The van der Waals surface area contributed by atoms with Crippen molar-refractivity contribution in [2.24, 2.45) is 0 Å². The molecule has 0 fully saturated rings. The summed E-state index contributed by atoms with van der Waals surface area (Å²) >= 11 is 0. The minimum absolute atomic E-state index is 0.562. The Hall–Kier alpha value is -11.3. The Morgan fingerprint density at radius 1 is 0.198 bits per heavy atom. The van der Waals surface area contributed by atoms with Crippen LogP contribution in [0.1, 0.15) is 0 Å². The molecule has 0 N–H and O–H groups in total. The fourth-order valence-corrected chi connectivity index (χ4v) is 20.6. The minimum Gasteiger partial charge on any atom is -0.309 e. The summed E-state index contributed by atoms with van der Waals surface area (Å²) in [5, 5.41) is 7.24. The molecule has 15 rings (SSSR count). The SMILES string of the molecule is O=P(c1ccccc1)(c1ccccc1)c1ccccc1-c1ccc(-c2ccccc2)cn1.O=P(c1ccccc1)(c1ccccc1)c1ccccc1-c1cncc(-c2ccccc2)c1.O=P(c1ccccc1)(c1ccccc1)c1ccccc1-c1ncc(-c2ccccc2)cn1. The Balaban J connectivity index is 0.000000130. The molecule has 0 radical (unpaired) electrons. The van der Waals surface area contributed by atoms with Crippen LogP contribution in [0.5, 0.6) is 0 Å². The third-order valence-corrected chi connectivity index (χ3v) is 26.1. The van der Waals surface area contributed by atoms with Gasteiger partial charge in [-0.2, -0.15) is 0 Å². The Morgan fingerprint density at radius 3 is 0.854 bits per heavy atom. The van der Waals surface area contributed by atoms with Gasteiger partial charge in [-0.15, -0.1) is 0 Å². The summed E-state index contributed by atoms with van der Waals surface area (Å²) in [5.74, 6) is 0.562. The van der Waals surface area contributed by atoms with Crippen LogP contribution in [-0.2, 0) is 13.7 Å². The molecule has 96 heavy (non-hydrogen) atoms. The Kier molecular flexibility index (Phi) is 19.7. The molecule has 0 amide bonds. The van der Waals surface area contributed by atoms with Crippen molar-refractivity contribution < 1.29 is 13.7 Å². The molecular formula is C86H65N4O3P3. The van der Waals surface area contributed by atoms with Crippen molar-refractivity contribution in [2.45, 2.75) is 0 Å². The normalized spacial score (nSPS) is 11.2. The van der Waals surface area contributed by atoms with Crippen molar-refractivity contribution >= 4 is 69.2 Å². The van der Waals surface area contributed by atoms with Gasteiger partial charge in [0, 0.05) is 112 Å². The van der Waals surface area contributed by atoms with Gasteiger partial charge in [0.15, 0.2) is 27.3 Å². The molecule has 0 unspecified atom stereocenters. The number of pyridine rings is 2. The zero-order chi connectivity index (χ0) is 65.4. The molecule has 0 saturated heterocycles. The van der Waals surface area contributed by atoms with E-state index >= 15 is 0 Å². The van der Waals surface area contributed by atoms with Crippen LogP contribution in [-0.4, -0.2) is 19.9 Å². The van der Waals surface area contributed by atoms with Gasteiger partial charge < -0.3 is 13.7 Å². The van der Waals surface area contributed by atoms with Crippen molar-refractivity contribution in [1.29, 1.82) is 0 Å². The molecule has 0 saturated carbocycles. The summed E-state index contributed by atoms with van der Waals surface area (Å²) in [5.41, 5.74) is 10.7. The second-order valence-electron chi connectivity index (χ2n) is 22.7. The van der Waals surface area contributed by atoms with Gasteiger partial charge in [0.1, 0.15) is 0 Å². The molecule has 462 valence electrons. The molecule has 0 aliphatic carbocycles. The molecule has 12 aromatic carbocycles. The maximum Gasteiger partial charge on any atom is 0.171 e. The molecule has 10 heteroatoms. The Labute approximate surface area is 561 Å². The van der Waals surface area contributed by atoms with E-state index in [9.17, 15) is 13.7 Å². The minimum atomic E-state index is -3.13. The average molecular weight is 1300 g/mol. The molecule has 0 aliphatic heterocycles. The van der Waals surface area contributed by atoms with Gasteiger partial charge in [-0.25, -0.2) is 9.97 Å². The molecule has 0 spiro atoms. The van der Waals surface area contributed by atoms with E-state index in [1.165, 1.54) is 0 Å². The van der Waals surface area contributed by atoms with E-state index in [2.05, 4.69) is 51.4 Å². The maximum atomic E-state index is 14.9. The molecular weight excluding hydrogens is 1230 g/mol. The fourth-order valence-electron chi connectivity index (χ4n) is 12.0. The largest absolute Gasteiger partial charge is 0.309 e. The Bertz CT molecular complexity index is 4810. The van der Waals surface area contributed by atoms with E-state index in [4.69, 9.17) is 4.98 Å². The van der Waals surface area contributed by atoms with E-state index < -0.39 is 21.4 Å². The van der Waals surface area contributed by atoms with Crippen LogP contribution in [0.2, 0.25) is 0 Å². The highest BCUT2D eigenvalue weighted by Gasteiger charge is 2.35. The van der Waals surface area contributed by atoms with Crippen molar-refractivity contribution in [3.05, 3.63) is 395 Å². The first-order valence-corrected chi connectivity index (χ1v) is 36.8. The number of aromatic nitrogens is 4. The Morgan fingerprint density at radius 2 is 0.479 bits per heavy atom. The van der Waals surface area contributed by atoms with E-state index in [-0.39, 0.29) is 0 Å². The highest BCUT2D eigenvalue weighted by atomic mass is 31.2. The summed E-state index contributed by atoms with van der Waals surface area (Å²) in [6, 6.07) is 119. The van der Waals surface area contributed by atoms with Gasteiger partial charge in [-0.05, 0) is 34.4 Å². The van der Waals surface area contributed by atoms with Gasteiger partial charge in [-0.1, -0.05) is 352 Å². The number of rotatable bonds is 15. The molecule has 3 aromatic heterocycles. The predicted octanol–water partition coefficient (Wildman–Crippen LogP) is 17.6. The third kappa shape index (κ3) is 13.6. The standard InChI is InChI=1S/2C29H22NOP.C28H21N2OP/c31-32(26-14-6-2-7-15-26,27-16-8-3-9-17-27)29-19-11-10-18-28(29)25-20-24(21-30-22-25)23-12-4-1-5-13-23;31-32(25-14-6-2-7-15-25,26-16-8-3-9-17-26)29-19-11-10-18-27(29)28-21-20-24(22-30-28)23-12-4-1-5-13-23;31-32(24-14-6-2-7-15-24,25-16-8-3-9-17-25)27-19-11-10-18-26(27)28-29-20-23(21-30-28)22-12-4-1-5-13-22/h2*1-22H;1-21H. The van der Waals surface area contributed by atoms with Gasteiger partial charge in [0.05, 0.1) is 5.69 Å². The summed E-state index contributed by atoms with van der Waals surface area (Å²) in [6.07, 6.45) is 9.26. The van der Waals surface area contributed by atoms with Gasteiger partial charge in [0.25, 0.3) is 0 Å². The van der Waals surface area contributed by atoms with Crippen LogP contribution in [0, 0.1) is 0 Å². The molecule has 7 nitrogen and oxygen atoms in total. The summed E-state index contributed by atoms with van der Waals surface area (Å²) in [7, 11) is -9.31. The van der Waals surface area contributed by atoms with Crippen LogP contribution in [0.4, 0.5) is 0 Å².